The van der Waals surface area contributed by atoms with Gasteiger partial charge in [0, 0.05) is 37.4 Å². The highest BCUT2D eigenvalue weighted by molar-refractivity contribution is 7.90. The second-order valence-electron chi connectivity index (χ2n) is 9.12. The number of anilines is 2. The molecule has 0 radical (unpaired) electrons. The van der Waals surface area contributed by atoms with E-state index in [1.807, 2.05) is 19.0 Å². The van der Waals surface area contributed by atoms with Crippen LogP contribution in [-0.4, -0.2) is 59.5 Å². The lowest BCUT2D eigenvalue weighted by Gasteiger charge is -2.23. The number of halogens is 1. The average molecular weight is 496 g/mol. The van der Waals surface area contributed by atoms with Crippen LogP contribution in [0.4, 0.5) is 15.8 Å². The molecule has 3 aromatic rings. The van der Waals surface area contributed by atoms with Gasteiger partial charge in [-0.1, -0.05) is 30.3 Å². The molecular formula is C27H30FN3O3S. The number of sulfone groups is 1. The van der Waals surface area contributed by atoms with Crippen LogP contribution < -0.4 is 9.80 Å². The number of likely N-dealkylation sites (N-methyl/N-ethyl adjacent to an activating group) is 1. The molecule has 0 aromatic heterocycles. The molecule has 1 heterocycles. The lowest BCUT2D eigenvalue weighted by atomic mass is 10.1. The monoisotopic (exact) mass is 495 g/mol. The first kappa shape index (κ1) is 24.9. The van der Waals surface area contributed by atoms with Crippen LogP contribution in [0.1, 0.15) is 22.3 Å². The van der Waals surface area contributed by atoms with Crippen molar-refractivity contribution in [3.05, 3.63) is 89.7 Å². The minimum atomic E-state index is -3.47. The molecule has 1 atom stereocenters. The Morgan fingerprint density at radius 3 is 2.29 bits per heavy atom. The number of rotatable bonds is 7. The van der Waals surface area contributed by atoms with Gasteiger partial charge in [0.2, 0.25) is 0 Å². The van der Waals surface area contributed by atoms with E-state index in [1.165, 1.54) is 11.0 Å². The van der Waals surface area contributed by atoms with Crippen LogP contribution in [0.25, 0.3) is 0 Å². The van der Waals surface area contributed by atoms with Crippen molar-refractivity contribution in [1.29, 1.82) is 0 Å². The standard InChI is InChI=1S/C27H30FN3O3S/c1-29(2)23-15-16-31(18-23)26-14-13-22(17-25(26)28)30(3)27(32)21-11-9-20(10-12-21)19-35(33,34)24-7-5-4-6-8-24/h4-14,17,23H,15-16,18-19H2,1-3H3. The Kier molecular flexibility index (Phi) is 7.23. The molecule has 4 rings (SSSR count). The summed E-state index contributed by atoms with van der Waals surface area (Å²) in [5.41, 5.74) is 1.98. The molecule has 184 valence electrons. The van der Waals surface area contributed by atoms with Crippen LogP contribution in [-0.2, 0) is 15.6 Å². The molecule has 0 aliphatic carbocycles. The van der Waals surface area contributed by atoms with Gasteiger partial charge >= 0.3 is 0 Å². The van der Waals surface area contributed by atoms with Crippen LogP contribution in [0.3, 0.4) is 0 Å². The third-order valence-corrected chi connectivity index (χ3v) is 8.22. The third-order valence-electron chi connectivity index (χ3n) is 6.52. The summed E-state index contributed by atoms with van der Waals surface area (Å²) in [6.45, 7) is 1.56. The average Bonchev–Trinajstić information content (AvgIpc) is 3.34. The van der Waals surface area contributed by atoms with E-state index in [-0.39, 0.29) is 22.4 Å². The topological polar surface area (TPSA) is 60.9 Å². The first-order valence-electron chi connectivity index (χ1n) is 11.5. The molecule has 1 aliphatic rings. The van der Waals surface area contributed by atoms with E-state index in [4.69, 9.17) is 0 Å². The highest BCUT2D eigenvalue weighted by Gasteiger charge is 2.26. The van der Waals surface area contributed by atoms with E-state index in [0.29, 0.717) is 28.5 Å². The van der Waals surface area contributed by atoms with Crippen molar-refractivity contribution in [3.63, 3.8) is 0 Å². The van der Waals surface area contributed by atoms with E-state index in [2.05, 4.69) is 4.90 Å². The second-order valence-corrected chi connectivity index (χ2v) is 11.1. The number of carbonyl (C=O) groups is 1. The zero-order valence-corrected chi connectivity index (χ0v) is 21.0. The predicted molar refractivity (Wildman–Crippen MR) is 137 cm³/mol. The Balaban J connectivity index is 1.44. The fraction of sp³-hybridized carbons (Fsp3) is 0.296. The molecule has 1 saturated heterocycles. The number of carbonyl (C=O) groups excluding carboxylic acids is 1. The first-order chi connectivity index (χ1) is 16.7. The number of nitrogens with zero attached hydrogens (tertiary/aromatic N) is 3. The van der Waals surface area contributed by atoms with E-state index in [1.54, 1.807) is 73.8 Å². The minimum Gasteiger partial charge on any atom is -0.368 e. The maximum absolute atomic E-state index is 15.0. The molecular weight excluding hydrogens is 465 g/mol. The molecule has 1 aliphatic heterocycles. The number of amides is 1. The summed E-state index contributed by atoms with van der Waals surface area (Å²) in [5, 5.41) is 0. The molecule has 35 heavy (non-hydrogen) atoms. The van der Waals surface area contributed by atoms with Gasteiger partial charge in [0.05, 0.1) is 16.3 Å². The third kappa shape index (κ3) is 5.55. The second kappa shape index (κ2) is 10.2. The Bertz CT molecular complexity index is 1300. The fourth-order valence-electron chi connectivity index (χ4n) is 4.33. The molecule has 0 bridgehead atoms. The molecule has 1 fully saturated rings. The van der Waals surface area contributed by atoms with Crippen LogP contribution >= 0.6 is 0 Å². The van der Waals surface area contributed by atoms with Crippen molar-refractivity contribution in [2.24, 2.45) is 0 Å². The lowest BCUT2D eigenvalue weighted by Crippen LogP contribution is -2.31. The van der Waals surface area contributed by atoms with Gasteiger partial charge < -0.3 is 14.7 Å². The summed E-state index contributed by atoms with van der Waals surface area (Å²) >= 11 is 0. The van der Waals surface area contributed by atoms with Crippen molar-refractivity contribution < 1.29 is 17.6 Å². The summed E-state index contributed by atoms with van der Waals surface area (Å²) in [6.07, 6.45) is 0.981. The van der Waals surface area contributed by atoms with Gasteiger partial charge in [0.15, 0.2) is 9.84 Å². The van der Waals surface area contributed by atoms with Crippen molar-refractivity contribution in [2.45, 2.75) is 23.1 Å². The van der Waals surface area contributed by atoms with Gasteiger partial charge in [0.1, 0.15) is 5.82 Å². The predicted octanol–water partition coefficient (Wildman–Crippen LogP) is 4.22. The molecule has 1 amide bonds. The van der Waals surface area contributed by atoms with Gasteiger partial charge in [-0.15, -0.1) is 0 Å². The fourth-order valence-corrected chi connectivity index (χ4v) is 5.70. The van der Waals surface area contributed by atoms with Gasteiger partial charge in [-0.2, -0.15) is 0 Å². The first-order valence-corrected chi connectivity index (χ1v) is 13.2. The largest absolute Gasteiger partial charge is 0.368 e. The number of hydrogen-bond donors (Lipinski definition) is 0. The van der Waals surface area contributed by atoms with E-state index in [9.17, 15) is 17.6 Å². The molecule has 8 heteroatoms. The zero-order valence-electron chi connectivity index (χ0n) is 20.2. The number of benzene rings is 3. The van der Waals surface area contributed by atoms with Crippen molar-refractivity contribution in [2.75, 3.05) is 44.0 Å². The molecule has 0 spiro atoms. The van der Waals surface area contributed by atoms with E-state index in [0.717, 1.165) is 19.5 Å². The van der Waals surface area contributed by atoms with Crippen molar-refractivity contribution in [3.8, 4) is 0 Å². The highest BCUT2D eigenvalue weighted by atomic mass is 32.2. The lowest BCUT2D eigenvalue weighted by molar-refractivity contribution is 0.0993. The Morgan fingerprint density at radius 2 is 1.69 bits per heavy atom. The number of hydrogen-bond acceptors (Lipinski definition) is 5. The summed E-state index contributed by atoms with van der Waals surface area (Å²) in [7, 11) is 2.19. The van der Waals surface area contributed by atoms with Gasteiger partial charge in [-0.05, 0) is 68.5 Å². The summed E-state index contributed by atoms with van der Waals surface area (Å²) < 4.78 is 40.2. The minimum absolute atomic E-state index is 0.154. The van der Waals surface area contributed by atoms with E-state index >= 15 is 0 Å². The van der Waals surface area contributed by atoms with Crippen LogP contribution in [0.5, 0.6) is 0 Å². The molecule has 0 saturated carbocycles. The quantitative estimate of drug-likeness (QED) is 0.491. The maximum atomic E-state index is 15.0. The summed E-state index contributed by atoms with van der Waals surface area (Å²) in [5.74, 6) is -0.814. The van der Waals surface area contributed by atoms with Gasteiger partial charge in [-0.25, -0.2) is 12.8 Å². The molecule has 0 N–H and O–H groups in total. The summed E-state index contributed by atoms with van der Waals surface area (Å²) in [4.78, 5) is 18.9. The Hall–Kier alpha value is -3.23. The molecule has 3 aromatic carbocycles. The van der Waals surface area contributed by atoms with E-state index < -0.39 is 9.84 Å². The zero-order chi connectivity index (χ0) is 25.2. The van der Waals surface area contributed by atoms with Crippen LogP contribution in [0.2, 0.25) is 0 Å². The van der Waals surface area contributed by atoms with Crippen LogP contribution in [0.15, 0.2) is 77.7 Å². The smallest absolute Gasteiger partial charge is 0.258 e. The van der Waals surface area contributed by atoms with Crippen molar-refractivity contribution in [1.82, 2.24) is 4.90 Å². The molecule has 1 unspecified atom stereocenters. The Labute approximate surface area is 206 Å². The van der Waals surface area contributed by atoms with Crippen LogP contribution in [0, 0.1) is 5.82 Å². The Morgan fingerprint density at radius 1 is 1.00 bits per heavy atom. The van der Waals surface area contributed by atoms with Gasteiger partial charge in [-0.3, -0.25) is 4.79 Å². The highest BCUT2D eigenvalue weighted by Crippen LogP contribution is 2.29. The van der Waals surface area contributed by atoms with Crippen molar-refractivity contribution >= 4 is 27.1 Å². The maximum Gasteiger partial charge on any atom is 0.258 e. The normalized spacial score (nSPS) is 16.0. The van der Waals surface area contributed by atoms with Gasteiger partial charge in [0.25, 0.3) is 5.91 Å². The summed E-state index contributed by atoms with van der Waals surface area (Å²) in [6, 6.07) is 20.0. The SMILES string of the molecule is CN(C(=O)c1ccc(CS(=O)(=O)c2ccccc2)cc1)c1ccc(N2CCC(N(C)C)C2)c(F)c1. The molecule has 6 nitrogen and oxygen atoms in total.